The smallest absolute Gasteiger partial charge is 0.371 e. The number of hydrogen-bond acceptors (Lipinski definition) is 4. The van der Waals surface area contributed by atoms with Gasteiger partial charge < -0.3 is 4.74 Å². The van der Waals surface area contributed by atoms with E-state index in [1.54, 1.807) is 16.8 Å². The second-order valence-electron chi connectivity index (χ2n) is 5.18. The molecule has 1 aromatic carbocycles. The van der Waals surface area contributed by atoms with E-state index in [2.05, 4.69) is 9.88 Å². The van der Waals surface area contributed by atoms with Gasteiger partial charge in [0.25, 0.3) is 0 Å². The molecular formula is C15H15F3N2OS. The number of hydrogen-bond donors (Lipinski definition) is 0. The maximum atomic E-state index is 12.6. The van der Waals surface area contributed by atoms with E-state index in [1.165, 1.54) is 17.0 Å². The molecule has 2 heterocycles. The molecule has 1 fully saturated rings. The SMILES string of the molecule is FC(F)(F)c1ccc([C@@H]2CN(Cc3cncs3)CCO2)cc1. The minimum atomic E-state index is -4.30. The van der Waals surface area contributed by atoms with Crippen molar-refractivity contribution < 1.29 is 17.9 Å². The van der Waals surface area contributed by atoms with E-state index in [0.29, 0.717) is 13.2 Å². The lowest BCUT2D eigenvalue weighted by Crippen LogP contribution is -2.37. The highest BCUT2D eigenvalue weighted by molar-refractivity contribution is 7.09. The fraction of sp³-hybridized carbons (Fsp3) is 0.400. The van der Waals surface area contributed by atoms with Crippen LogP contribution < -0.4 is 0 Å². The molecule has 118 valence electrons. The highest BCUT2D eigenvalue weighted by Gasteiger charge is 2.30. The minimum absolute atomic E-state index is 0.191. The molecule has 0 amide bonds. The van der Waals surface area contributed by atoms with E-state index in [1.807, 2.05) is 6.20 Å². The van der Waals surface area contributed by atoms with Gasteiger partial charge >= 0.3 is 6.18 Å². The molecule has 1 aromatic heterocycles. The lowest BCUT2D eigenvalue weighted by atomic mass is 10.1. The van der Waals surface area contributed by atoms with Crippen molar-refractivity contribution in [3.05, 3.63) is 52.0 Å². The monoisotopic (exact) mass is 328 g/mol. The minimum Gasteiger partial charge on any atom is -0.371 e. The van der Waals surface area contributed by atoms with Crippen LogP contribution in [0.4, 0.5) is 13.2 Å². The van der Waals surface area contributed by atoms with Crippen LogP contribution in [0.1, 0.15) is 22.1 Å². The summed E-state index contributed by atoms with van der Waals surface area (Å²) in [6, 6.07) is 5.23. The Bertz CT molecular complexity index is 598. The Hall–Kier alpha value is -1.44. The topological polar surface area (TPSA) is 25.4 Å². The molecule has 1 aliphatic rings. The molecule has 0 bridgehead atoms. The van der Waals surface area contributed by atoms with E-state index in [0.717, 1.165) is 30.8 Å². The number of aromatic nitrogens is 1. The molecule has 0 radical (unpaired) electrons. The molecule has 1 atom stereocenters. The van der Waals surface area contributed by atoms with Gasteiger partial charge in [0.2, 0.25) is 0 Å². The maximum Gasteiger partial charge on any atom is 0.416 e. The quantitative estimate of drug-likeness (QED) is 0.858. The number of alkyl halides is 3. The van der Waals surface area contributed by atoms with Crippen LogP contribution in [0, 0.1) is 0 Å². The Balaban J connectivity index is 1.66. The first-order chi connectivity index (χ1) is 10.5. The molecule has 3 rings (SSSR count). The van der Waals surface area contributed by atoms with E-state index in [-0.39, 0.29) is 6.10 Å². The summed E-state index contributed by atoms with van der Waals surface area (Å²) >= 11 is 1.60. The van der Waals surface area contributed by atoms with Crippen LogP contribution in [0.5, 0.6) is 0 Å². The van der Waals surface area contributed by atoms with E-state index >= 15 is 0 Å². The van der Waals surface area contributed by atoms with Crippen molar-refractivity contribution in [1.82, 2.24) is 9.88 Å². The molecule has 0 spiro atoms. The highest BCUT2D eigenvalue weighted by Crippen LogP contribution is 2.31. The zero-order chi connectivity index (χ0) is 15.6. The first-order valence-corrected chi connectivity index (χ1v) is 7.79. The summed E-state index contributed by atoms with van der Waals surface area (Å²) in [4.78, 5) is 7.46. The third-order valence-electron chi connectivity index (χ3n) is 3.62. The van der Waals surface area contributed by atoms with Crippen LogP contribution in [0.2, 0.25) is 0 Å². The van der Waals surface area contributed by atoms with Gasteiger partial charge in [0.05, 0.1) is 23.8 Å². The molecule has 1 saturated heterocycles. The normalized spacial score (nSPS) is 20.2. The molecular weight excluding hydrogens is 313 g/mol. The Morgan fingerprint density at radius 2 is 2.05 bits per heavy atom. The molecule has 1 aliphatic heterocycles. The van der Waals surface area contributed by atoms with Gasteiger partial charge in [-0.05, 0) is 17.7 Å². The third kappa shape index (κ3) is 3.66. The molecule has 7 heteroatoms. The zero-order valence-electron chi connectivity index (χ0n) is 11.7. The molecule has 22 heavy (non-hydrogen) atoms. The Labute approximate surface area is 130 Å². The van der Waals surface area contributed by atoms with Gasteiger partial charge in [0.1, 0.15) is 0 Å². The van der Waals surface area contributed by atoms with Gasteiger partial charge in [-0.25, -0.2) is 0 Å². The fourth-order valence-electron chi connectivity index (χ4n) is 2.48. The molecule has 0 N–H and O–H groups in total. The maximum absolute atomic E-state index is 12.6. The summed E-state index contributed by atoms with van der Waals surface area (Å²) in [6.45, 7) is 2.86. The summed E-state index contributed by atoms with van der Waals surface area (Å²) in [5.41, 5.74) is 1.94. The second-order valence-corrected chi connectivity index (χ2v) is 6.15. The summed E-state index contributed by atoms with van der Waals surface area (Å²) in [7, 11) is 0. The van der Waals surface area contributed by atoms with Crippen molar-refractivity contribution in [2.45, 2.75) is 18.8 Å². The van der Waals surface area contributed by atoms with Crippen LogP contribution in [-0.4, -0.2) is 29.6 Å². The number of morpholine rings is 1. The third-order valence-corrected chi connectivity index (χ3v) is 4.39. The van der Waals surface area contributed by atoms with E-state index in [4.69, 9.17) is 4.74 Å². The standard InChI is InChI=1S/C15H15F3N2OS/c16-15(17,18)12-3-1-11(2-4-12)14-9-20(5-6-21-14)8-13-7-19-10-22-13/h1-4,7,10,14H,5-6,8-9H2/t14-/m0/s1. The lowest BCUT2D eigenvalue weighted by Gasteiger charge is -2.32. The van der Waals surface area contributed by atoms with Crippen LogP contribution in [0.3, 0.4) is 0 Å². The summed E-state index contributed by atoms with van der Waals surface area (Å²) in [6.07, 6.45) is -2.65. The van der Waals surface area contributed by atoms with Crippen LogP contribution in [-0.2, 0) is 17.5 Å². The summed E-state index contributed by atoms with van der Waals surface area (Å²) in [5, 5.41) is 0. The van der Waals surface area contributed by atoms with E-state index in [9.17, 15) is 13.2 Å². The van der Waals surface area contributed by atoms with Crippen molar-refractivity contribution in [3.8, 4) is 0 Å². The number of halogens is 3. The number of ether oxygens (including phenoxy) is 1. The van der Waals surface area contributed by atoms with Crippen LogP contribution in [0.25, 0.3) is 0 Å². The number of benzene rings is 1. The first-order valence-electron chi connectivity index (χ1n) is 6.91. The molecule has 2 aromatic rings. The first kappa shape index (κ1) is 15.5. The molecule has 0 unspecified atom stereocenters. The average Bonchev–Trinajstić information content (AvgIpc) is 3.00. The summed E-state index contributed by atoms with van der Waals surface area (Å²) < 4.78 is 43.5. The average molecular weight is 328 g/mol. The Kier molecular flexibility index (Phi) is 4.46. The van der Waals surface area contributed by atoms with Crippen molar-refractivity contribution in [1.29, 1.82) is 0 Å². The largest absolute Gasteiger partial charge is 0.416 e. The van der Waals surface area contributed by atoms with Crippen molar-refractivity contribution in [2.24, 2.45) is 0 Å². The van der Waals surface area contributed by atoms with Crippen molar-refractivity contribution in [3.63, 3.8) is 0 Å². The fourth-order valence-corrected chi connectivity index (χ4v) is 3.11. The zero-order valence-corrected chi connectivity index (χ0v) is 12.5. The van der Waals surface area contributed by atoms with Gasteiger partial charge in [0.15, 0.2) is 0 Å². The number of thiazole rings is 1. The molecule has 3 nitrogen and oxygen atoms in total. The van der Waals surface area contributed by atoms with Crippen LogP contribution >= 0.6 is 11.3 Å². The second kappa shape index (κ2) is 6.36. The molecule has 0 aliphatic carbocycles. The highest BCUT2D eigenvalue weighted by atomic mass is 32.1. The van der Waals surface area contributed by atoms with Gasteiger partial charge in [0, 0.05) is 30.7 Å². The van der Waals surface area contributed by atoms with Crippen molar-refractivity contribution in [2.75, 3.05) is 19.7 Å². The number of nitrogens with zero attached hydrogens (tertiary/aromatic N) is 2. The van der Waals surface area contributed by atoms with Gasteiger partial charge in [-0.2, -0.15) is 13.2 Å². The van der Waals surface area contributed by atoms with E-state index < -0.39 is 11.7 Å². The summed E-state index contributed by atoms with van der Waals surface area (Å²) in [5.74, 6) is 0. The Morgan fingerprint density at radius 3 is 2.68 bits per heavy atom. The van der Waals surface area contributed by atoms with Crippen LogP contribution in [0.15, 0.2) is 36.0 Å². The lowest BCUT2D eigenvalue weighted by molar-refractivity contribution is -0.137. The molecule has 0 saturated carbocycles. The van der Waals surface area contributed by atoms with Gasteiger partial charge in [-0.1, -0.05) is 12.1 Å². The van der Waals surface area contributed by atoms with Gasteiger partial charge in [-0.15, -0.1) is 11.3 Å². The van der Waals surface area contributed by atoms with Gasteiger partial charge in [-0.3, -0.25) is 9.88 Å². The van der Waals surface area contributed by atoms with Crippen molar-refractivity contribution >= 4 is 11.3 Å². The Morgan fingerprint density at radius 1 is 1.27 bits per heavy atom. The predicted molar refractivity (Wildman–Crippen MR) is 77.5 cm³/mol. The number of rotatable bonds is 3. The predicted octanol–water partition coefficient (Wildman–Crippen LogP) is 3.74.